The van der Waals surface area contributed by atoms with E-state index in [0.29, 0.717) is 17.9 Å². The zero-order chi connectivity index (χ0) is 11.5. The van der Waals surface area contributed by atoms with E-state index < -0.39 is 0 Å². The van der Waals surface area contributed by atoms with Crippen LogP contribution in [-0.2, 0) is 0 Å². The summed E-state index contributed by atoms with van der Waals surface area (Å²) in [7, 11) is 0. The fourth-order valence-electron chi connectivity index (χ4n) is 1.09. The minimum Gasteiger partial charge on any atom is -0.367 e. The van der Waals surface area contributed by atoms with Crippen molar-refractivity contribution in [2.24, 2.45) is 5.73 Å². The number of nitriles is 1. The molecule has 0 aliphatic heterocycles. The van der Waals surface area contributed by atoms with E-state index in [0.717, 1.165) is 5.69 Å². The number of nitrogens with zero attached hydrogens (tertiary/aromatic N) is 2. The molecule has 1 heterocycles. The molecule has 0 fully saturated rings. The minimum absolute atomic E-state index is 0.321. The van der Waals surface area contributed by atoms with Crippen molar-refractivity contribution < 1.29 is 0 Å². The third kappa shape index (κ3) is 3.56. The molecular weight excluding hydrogens is 188 g/mol. The first-order valence-corrected chi connectivity index (χ1v) is 4.83. The maximum Gasteiger partial charge on any atom is 0.144 e. The van der Waals surface area contributed by atoms with E-state index in [1.165, 1.54) is 0 Å². The van der Waals surface area contributed by atoms with Crippen molar-refractivity contribution in [1.29, 1.82) is 5.26 Å². The second-order valence-electron chi connectivity index (χ2n) is 4.30. The number of nitrogens with two attached hydrogens (primary N) is 1. The molecule has 0 spiro atoms. The molecule has 0 saturated carbocycles. The van der Waals surface area contributed by atoms with Crippen molar-refractivity contribution in [3.63, 3.8) is 0 Å². The molecule has 4 nitrogen and oxygen atoms in total. The lowest BCUT2D eigenvalue weighted by atomic mass is 10.1. The summed E-state index contributed by atoms with van der Waals surface area (Å²) in [5.74, 6) is 0.607. The normalized spacial score (nSPS) is 10.9. The second-order valence-corrected chi connectivity index (χ2v) is 4.30. The van der Waals surface area contributed by atoms with Crippen molar-refractivity contribution in [2.75, 3.05) is 11.9 Å². The van der Waals surface area contributed by atoms with Crippen LogP contribution in [0.5, 0.6) is 0 Å². The Kier molecular flexibility index (Phi) is 3.28. The molecule has 4 heteroatoms. The average molecular weight is 204 g/mol. The van der Waals surface area contributed by atoms with E-state index in [1.807, 2.05) is 26.8 Å². The van der Waals surface area contributed by atoms with Gasteiger partial charge < -0.3 is 11.1 Å². The number of rotatable bonds is 3. The van der Waals surface area contributed by atoms with Gasteiger partial charge in [-0.3, -0.25) is 0 Å². The molecule has 1 aromatic rings. The minimum atomic E-state index is -0.321. The Labute approximate surface area is 90.1 Å². The summed E-state index contributed by atoms with van der Waals surface area (Å²) in [4.78, 5) is 4.26. The van der Waals surface area contributed by atoms with E-state index in [9.17, 15) is 0 Å². The average Bonchev–Trinajstić information content (AvgIpc) is 2.14. The lowest BCUT2D eigenvalue weighted by Gasteiger charge is -2.19. The Bertz CT molecular complexity index is 385. The lowest BCUT2D eigenvalue weighted by Crippen LogP contribution is -2.39. The van der Waals surface area contributed by atoms with Gasteiger partial charge in [-0.2, -0.15) is 5.26 Å². The highest BCUT2D eigenvalue weighted by atomic mass is 15.0. The molecule has 1 rings (SSSR count). The number of nitrogens with one attached hydrogen (secondary N) is 1. The van der Waals surface area contributed by atoms with E-state index in [1.54, 1.807) is 6.07 Å². The zero-order valence-electron chi connectivity index (χ0n) is 9.33. The molecule has 0 aliphatic carbocycles. The quantitative estimate of drug-likeness (QED) is 0.780. The topological polar surface area (TPSA) is 74.7 Å². The van der Waals surface area contributed by atoms with Gasteiger partial charge in [0, 0.05) is 17.8 Å². The van der Waals surface area contributed by atoms with Gasteiger partial charge >= 0.3 is 0 Å². The van der Waals surface area contributed by atoms with Gasteiger partial charge in [-0.15, -0.1) is 0 Å². The van der Waals surface area contributed by atoms with E-state index in [-0.39, 0.29) is 5.54 Å². The standard InChI is InChI=1S/C11H16N4/c1-8-4-5-9(6-12)10(15-8)14-7-11(2,3)13/h4-5H,7,13H2,1-3H3,(H,14,15). The number of hydrogen-bond acceptors (Lipinski definition) is 4. The van der Waals surface area contributed by atoms with Gasteiger partial charge in [-0.25, -0.2) is 4.98 Å². The SMILES string of the molecule is Cc1ccc(C#N)c(NCC(C)(C)N)n1. The van der Waals surface area contributed by atoms with Gasteiger partial charge in [0.2, 0.25) is 0 Å². The Morgan fingerprint density at radius 1 is 1.53 bits per heavy atom. The van der Waals surface area contributed by atoms with Crippen LogP contribution in [0.1, 0.15) is 25.1 Å². The Morgan fingerprint density at radius 2 is 2.20 bits per heavy atom. The van der Waals surface area contributed by atoms with Crippen molar-refractivity contribution in [3.8, 4) is 6.07 Å². The Morgan fingerprint density at radius 3 is 2.73 bits per heavy atom. The molecule has 0 radical (unpaired) electrons. The van der Waals surface area contributed by atoms with Crippen LogP contribution in [0, 0.1) is 18.3 Å². The summed E-state index contributed by atoms with van der Waals surface area (Å²) < 4.78 is 0. The lowest BCUT2D eigenvalue weighted by molar-refractivity contribution is 0.548. The molecule has 0 unspecified atom stereocenters. The van der Waals surface area contributed by atoms with Crippen molar-refractivity contribution in [1.82, 2.24) is 4.98 Å². The molecule has 1 aromatic heterocycles. The first-order chi connectivity index (χ1) is 6.92. The summed E-state index contributed by atoms with van der Waals surface area (Å²) in [6.45, 7) is 6.31. The number of aryl methyl sites for hydroxylation is 1. The Balaban J connectivity index is 2.85. The number of anilines is 1. The van der Waals surface area contributed by atoms with Gasteiger partial charge in [-0.1, -0.05) is 0 Å². The van der Waals surface area contributed by atoms with Crippen molar-refractivity contribution >= 4 is 5.82 Å². The molecule has 0 amide bonds. The van der Waals surface area contributed by atoms with Gasteiger partial charge in [-0.05, 0) is 32.9 Å². The zero-order valence-corrected chi connectivity index (χ0v) is 9.33. The molecule has 0 saturated heterocycles. The summed E-state index contributed by atoms with van der Waals surface area (Å²) in [6.07, 6.45) is 0. The second kappa shape index (κ2) is 4.28. The third-order valence-corrected chi connectivity index (χ3v) is 1.87. The highest BCUT2D eigenvalue weighted by molar-refractivity contribution is 5.52. The molecule has 0 atom stereocenters. The van der Waals surface area contributed by atoms with Crippen molar-refractivity contribution in [2.45, 2.75) is 26.3 Å². The van der Waals surface area contributed by atoms with Crippen LogP contribution >= 0.6 is 0 Å². The van der Waals surface area contributed by atoms with Crippen LogP contribution in [0.3, 0.4) is 0 Å². The fourth-order valence-corrected chi connectivity index (χ4v) is 1.09. The molecule has 3 N–H and O–H groups in total. The number of aromatic nitrogens is 1. The smallest absolute Gasteiger partial charge is 0.144 e. The first kappa shape index (κ1) is 11.5. The molecule has 15 heavy (non-hydrogen) atoms. The van der Waals surface area contributed by atoms with Crippen LogP contribution in [-0.4, -0.2) is 17.1 Å². The third-order valence-electron chi connectivity index (χ3n) is 1.87. The summed E-state index contributed by atoms with van der Waals surface area (Å²) in [5.41, 5.74) is 6.95. The summed E-state index contributed by atoms with van der Waals surface area (Å²) >= 11 is 0. The molecule has 0 bridgehead atoms. The summed E-state index contributed by atoms with van der Waals surface area (Å²) in [6, 6.07) is 5.67. The van der Waals surface area contributed by atoms with Gasteiger partial charge in [0.1, 0.15) is 11.9 Å². The number of hydrogen-bond donors (Lipinski definition) is 2. The van der Waals surface area contributed by atoms with Crippen LogP contribution in [0.15, 0.2) is 12.1 Å². The van der Waals surface area contributed by atoms with E-state index in [2.05, 4.69) is 16.4 Å². The monoisotopic (exact) mass is 204 g/mol. The van der Waals surface area contributed by atoms with E-state index in [4.69, 9.17) is 11.0 Å². The van der Waals surface area contributed by atoms with Gasteiger partial charge in [0.25, 0.3) is 0 Å². The van der Waals surface area contributed by atoms with Crippen LogP contribution < -0.4 is 11.1 Å². The predicted octanol–water partition coefficient (Wildman–Crippen LogP) is 1.41. The fraction of sp³-hybridized carbons (Fsp3) is 0.455. The van der Waals surface area contributed by atoms with E-state index >= 15 is 0 Å². The van der Waals surface area contributed by atoms with Gasteiger partial charge in [0.15, 0.2) is 0 Å². The first-order valence-electron chi connectivity index (χ1n) is 4.83. The molecule has 0 aromatic carbocycles. The highest BCUT2D eigenvalue weighted by Crippen LogP contribution is 2.12. The Hall–Kier alpha value is -1.60. The van der Waals surface area contributed by atoms with Crippen LogP contribution in [0.4, 0.5) is 5.82 Å². The highest BCUT2D eigenvalue weighted by Gasteiger charge is 2.12. The molecule has 80 valence electrons. The molecular formula is C11H16N4. The number of pyridine rings is 1. The van der Waals surface area contributed by atoms with Crippen molar-refractivity contribution in [3.05, 3.63) is 23.4 Å². The molecule has 0 aliphatic rings. The summed E-state index contributed by atoms with van der Waals surface area (Å²) in [5, 5.41) is 12.0. The van der Waals surface area contributed by atoms with Crippen LogP contribution in [0.2, 0.25) is 0 Å². The maximum absolute atomic E-state index is 8.88. The predicted molar refractivity (Wildman–Crippen MR) is 60.4 cm³/mol. The van der Waals surface area contributed by atoms with Gasteiger partial charge in [0.05, 0.1) is 5.56 Å². The largest absolute Gasteiger partial charge is 0.367 e. The maximum atomic E-state index is 8.88. The van der Waals surface area contributed by atoms with Crippen LogP contribution in [0.25, 0.3) is 0 Å².